The molecular weight excluding hydrogens is 276 g/mol. The smallest absolute Gasteiger partial charge is 0.317 e. The fourth-order valence-corrected chi connectivity index (χ4v) is 2.08. The van der Waals surface area contributed by atoms with Crippen molar-refractivity contribution in [1.29, 1.82) is 0 Å². The van der Waals surface area contributed by atoms with Gasteiger partial charge in [-0.25, -0.2) is 4.98 Å². The van der Waals surface area contributed by atoms with Crippen LogP contribution in [-0.4, -0.2) is 46.2 Å². The van der Waals surface area contributed by atoms with E-state index in [0.29, 0.717) is 24.6 Å². The average Bonchev–Trinajstić information content (AvgIpc) is 2.53. The normalized spacial score (nSPS) is 13.3. The van der Waals surface area contributed by atoms with Gasteiger partial charge < -0.3 is 14.6 Å². The summed E-state index contributed by atoms with van der Waals surface area (Å²) >= 11 is 0. The molecular formula is C13H12N4O4. The number of rotatable bonds is 2. The number of nitrogens with zero attached hydrogens (tertiary/aromatic N) is 4. The van der Waals surface area contributed by atoms with Gasteiger partial charge in [0.1, 0.15) is 23.6 Å². The molecule has 108 valence electrons. The summed E-state index contributed by atoms with van der Waals surface area (Å²) in [5.74, 6) is 0.261. The van der Waals surface area contributed by atoms with Gasteiger partial charge in [0.25, 0.3) is 5.91 Å². The molecule has 0 aliphatic carbocycles. The Morgan fingerprint density at radius 2 is 2.33 bits per heavy atom. The summed E-state index contributed by atoms with van der Waals surface area (Å²) < 4.78 is 10.5. The number of hydrogen-bond acceptors (Lipinski definition) is 7. The predicted octanol–water partition coefficient (Wildman–Crippen LogP) is 0.625. The molecule has 0 atom stereocenters. The molecule has 2 aromatic heterocycles. The minimum atomic E-state index is -0.451. The molecule has 0 bridgehead atoms. The van der Waals surface area contributed by atoms with Crippen LogP contribution in [0.1, 0.15) is 10.4 Å². The van der Waals surface area contributed by atoms with Crippen LogP contribution in [0.4, 0.5) is 5.69 Å². The molecule has 1 aliphatic heterocycles. The van der Waals surface area contributed by atoms with Gasteiger partial charge in [-0.05, 0) is 0 Å². The molecule has 0 fully saturated rings. The van der Waals surface area contributed by atoms with Crippen molar-refractivity contribution in [1.82, 2.24) is 15.0 Å². The van der Waals surface area contributed by atoms with Crippen LogP contribution in [0.5, 0.6) is 17.6 Å². The highest BCUT2D eigenvalue weighted by Crippen LogP contribution is 2.32. The van der Waals surface area contributed by atoms with E-state index in [9.17, 15) is 9.90 Å². The SMILES string of the molecule is COc1nc(O)ncc1C(=O)N1CCOc2ccncc21. The summed E-state index contributed by atoms with van der Waals surface area (Å²) in [7, 11) is 1.37. The third kappa shape index (κ3) is 2.31. The van der Waals surface area contributed by atoms with E-state index in [0.717, 1.165) is 0 Å². The van der Waals surface area contributed by atoms with Crippen LogP contribution in [0, 0.1) is 0 Å². The molecule has 1 N–H and O–H groups in total. The van der Waals surface area contributed by atoms with Gasteiger partial charge in [0.05, 0.1) is 26.0 Å². The van der Waals surface area contributed by atoms with E-state index in [-0.39, 0.29) is 17.4 Å². The molecule has 0 unspecified atom stereocenters. The molecule has 3 heterocycles. The van der Waals surface area contributed by atoms with Crippen molar-refractivity contribution in [2.24, 2.45) is 0 Å². The van der Waals surface area contributed by atoms with Crippen molar-refractivity contribution >= 4 is 11.6 Å². The fraction of sp³-hybridized carbons (Fsp3) is 0.231. The zero-order valence-electron chi connectivity index (χ0n) is 11.2. The van der Waals surface area contributed by atoms with Gasteiger partial charge in [0, 0.05) is 12.3 Å². The molecule has 8 nitrogen and oxygen atoms in total. The van der Waals surface area contributed by atoms with Crippen LogP contribution in [0.3, 0.4) is 0 Å². The van der Waals surface area contributed by atoms with E-state index in [2.05, 4.69) is 15.0 Å². The van der Waals surface area contributed by atoms with Crippen molar-refractivity contribution in [2.45, 2.75) is 0 Å². The number of hydrogen-bond donors (Lipinski definition) is 1. The first-order valence-corrected chi connectivity index (χ1v) is 6.19. The zero-order valence-corrected chi connectivity index (χ0v) is 11.2. The number of fused-ring (bicyclic) bond motifs is 1. The molecule has 1 aliphatic rings. The number of aromatic nitrogens is 3. The molecule has 0 radical (unpaired) electrons. The lowest BCUT2D eigenvalue weighted by atomic mass is 10.2. The second kappa shape index (κ2) is 5.23. The molecule has 1 amide bonds. The summed E-state index contributed by atoms with van der Waals surface area (Å²) in [6.45, 7) is 0.756. The van der Waals surface area contributed by atoms with Crippen LogP contribution in [0.15, 0.2) is 24.7 Å². The molecule has 0 saturated heterocycles. The largest absolute Gasteiger partial charge is 0.489 e. The first-order chi connectivity index (χ1) is 10.2. The topological polar surface area (TPSA) is 97.7 Å². The molecule has 8 heteroatoms. The second-order valence-electron chi connectivity index (χ2n) is 4.24. The monoisotopic (exact) mass is 288 g/mol. The van der Waals surface area contributed by atoms with Crippen molar-refractivity contribution < 1.29 is 19.4 Å². The standard InChI is InChI=1S/C13H12N4O4/c1-20-11-8(6-15-13(19)16-11)12(18)17-4-5-21-10-2-3-14-7-9(10)17/h2-3,6-7H,4-5H2,1H3,(H,15,16,19). The van der Waals surface area contributed by atoms with Gasteiger partial charge in [0.15, 0.2) is 0 Å². The Balaban J connectivity index is 2.00. The number of carbonyl (C=O) groups is 1. The van der Waals surface area contributed by atoms with Crippen LogP contribution < -0.4 is 14.4 Å². The summed E-state index contributed by atoms with van der Waals surface area (Å²) in [6.07, 6.45) is 4.38. The highest BCUT2D eigenvalue weighted by molar-refractivity contribution is 6.08. The van der Waals surface area contributed by atoms with E-state index in [4.69, 9.17) is 9.47 Å². The lowest BCUT2D eigenvalue weighted by Gasteiger charge is -2.29. The number of carbonyl (C=O) groups excluding carboxylic acids is 1. The number of aromatic hydroxyl groups is 1. The number of pyridine rings is 1. The van der Waals surface area contributed by atoms with Gasteiger partial charge in [-0.1, -0.05) is 0 Å². The maximum atomic E-state index is 12.7. The average molecular weight is 288 g/mol. The van der Waals surface area contributed by atoms with Crippen molar-refractivity contribution in [2.75, 3.05) is 25.2 Å². The molecule has 0 aromatic carbocycles. The Morgan fingerprint density at radius 1 is 1.48 bits per heavy atom. The van der Waals surface area contributed by atoms with E-state index in [1.54, 1.807) is 18.5 Å². The molecule has 0 saturated carbocycles. The summed E-state index contributed by atoms with van der Waals surface area (Å²) in [4.78, 5) is 25.5. The number of amides is 1. The van der Waals surface area contributed by atoms with E-state index < -0.39 is 6.01 Å². The number of anilines is 1. The predicted molar refractivity (Wildman–Crippen MR) is 71.7 cm³/mol. The first-order valence-electron chi connectivity index (χ1n) is 6.19. The minimum absolute atomic E-state index is 0.0180. The molecule has 0 spiro atoms. The molecule has 3 rings (SSSR count). The van der Waals surface area contributed by atoms with Gasteiger partial charge >= 0.3 is 6.01 Å². The second-order valence-corrected chi connectivity index (χ2v) is 4.24. The number of ether oxygens (including phenoxy) is 2. The third-order valence-corrected chi connectivity index (χ3v) is 3.03. The van der Waals surface area contributed by atoms with Gasteiger partial charge in [0.2, 0.25) is 5.88 Å². The quantitative estimate of drug-likeness (QED) is 0.865. The van der Waals surface area contributed by atoms with E-state index in [1.165, 1.54) is 18.2 Å². The van der Waals surface area contributed by atoms with Crippen LogP contribution in [0.2, 0.25) is 0 Å². The maximum Gasteiger partial charge on any atom is 0.317 e. The van der Waals surface area contributed by atoms with Crippen LogP contribution in [-0.2, 0) is 0 Å². The Labute approximate surface area is 120 Å². The Bertz CT molecular complexity index is 692. The van der Waals surface area contributed by atoms with E-state index in [1.807, 2.05) is 0 Å². The van der Waals surface area contributed by atoms with Crippen molar-refractivity contribution in [3.05, 3.63) is 30.2 Å². The Kier molecular flexibility index (Phi) is 3.27. The zero-order chi connectivity index (χ0) is 14.8. The third-order valence-electron chi connectivity index (χ3n) is 3.03. The lowest BCUT2D eigenvalue weighted by Crippen LogP contribution is -2.38. The van der Waals surface area contributed by atoms with Crippen molar-refractivity contribution in [3.63, 3.8) is 0 Å². The summed E-state index contributed by atoms with van der Waals surface area (Å²) in [5.41, 5.74) is 0.732. The highest BCUT2D eigenvalue weighted by Gasteiger charge is 2.27. The van der Waals surface area contributed by atoms with Gasteiger partial charge in [-0.2, -0.15) is 4.98 Å². The van der Waals surface area contributed by atoms with Gasteiger partial charge in [-0.15, -0.1) is 0 Å². The Morgan fingerprint density at radius 3 is 3.14 bits per heavy atom. The van der Waals surface area contributed by atoms with E-state index >= 15 is 0 Å². The molecule has 21 heavy (non-hydrogen) atoms. The van der Waals surface area contributed by atoms with Crippen molar-refractivity contribution in [3.8, 4) is 17.6 Å². The summed E-state index contributed by atoms with van der Waals surface area (Å²) in [6, 6.07) is 1.24. The maximum absolute atomic E-state index is 12.7. The Hall–Kier alpha value is -2.90. The number of methoxy groups -OCH3 is 1. The highest BCUT2D eigenvalue weighted by atomic mass is 16.5. The molecule has 2 aromatic rings. The minimum Gasteiger partial charge on any atom is -0.489 e. The summed E-state index contributed by atoms with van der Waals surface area (Å²) in [5, 5.41) is 9.26. The lowest BCUT2D eigenvalue weighted by molar-refractivity contribution is 0.0972. The van der Waals surface area contributed by atoms with Gasteiger partial charge in [-0.3, -0.25) is 14.7 Å². The fourth-order valence-electron chi connectivity index (χ4n) is 2.08. The van der Waals surface area contributed by atoms with Crippen LogP contribution >= 0.6 is 0 Å². The van der Waals surface area contributed by atoms with Crippen LogP contribution in [0.25, 0.3) is 0 Å². The first kappa shape index (κ1) is 13.1.